The van der Waals surface area contributed by atoms with E-state index in [-0.39, 0.29) is 28.9 Å². The van der Waals surface area contributed by atoms with Crippen LogP contribution in [-0.2, 0) is 22.2 Å². The first kappa shape index (κ1) is 25.6. The van der Waals surface area contributed by atoms with Crippen molar-refractivity contribution >= 4 is 38.2 Å². The van der Waals surface area contributed by atoms with Gasteiger partial charge in [0, 0.05) is 50.5 Å². The zero-order valence-electron chi connectivity index (χ0n) is 19.7. The van der Waals surface area contributed by atoms with Gasteiger partial charge >= 0.3 is 6.18 Å². The van der Waals surface area contributed by atoms with Crippen molar-refractivity contribution < 1.29 is 26.7 Å². The highest BCUT2D eigenvalue weighted by molar-refractivity contribution is 7.91. The first-order chi connectivity index (χ1) is 17.5. The highest BCUT2D eigenvalue weighted by atomic mass is 32.2. The maximum Gasteiger partial charge on any atom is 0.421 e. The molecule has 196 valence electrons. The topological polar surface area (TPSA) is 91.6 Å². The van der Waals surface area contributed by atoms with Gasteiger partial charge in [-0.1, -0.05) is 18.2 Å². The zero-order valence-corrected chi connectivity index (χ0v) is 21.3. The number of thiophene rings is 1. The van der Waals surface area contributed by atoms with Gasteiger partial charge in [0.05, 0.1) is 6.04 Å². The Morgan fingerprint density at radius 1 is 1.08 bits per heavy atom. The predicted octanol–water partition coefficient (Wildman–Crippen LogP) is 3.84. The van der Waals surface area contributed by atoms with Crippen molar-refractivity contribution in [2.24, 2.45) is 0 Å². The van der Waals surface area contributed by atoms with Crippen molar-refractivity contribution in [3.8, 4) is 0 Å². The van der Waals surface area contributed by atoms with Crippen LogP contribution in [0.1, 0.15) is 12.5 Å². The van der Waals surface area contributed by atoms with Crippen LogP contribution >= 0.6 is 11.3 Å². The summed E-state index contributed by atoms with van der Waals surface area (Å²) in [7, 11) is -3.69. The van der Waals surface area contributed by atoms with Crippen LogP contribution in [-0.4, -0.2) is 64.2 Å². The smallest absolute Gasteiger partial charge is 0.376 e. The third-order valence-electron chi connectivity index (χ3n) is 6.65. The molecule has 5 rings (SSSR count). The average Bonchev–Trinajstić information content (AvgIpc) is 3.55. The Kier molecular flexibility index (Phi) is 6.51. The number of aliphatic hydroxyl groups is 1. The molecular formula is C24H24F3N5O3S2. The van der Waals surface area contributed by atoms with E-state index < -0.39 is 21.8 Å². The first-order valence-electron chi connectivity index (χ1n) is 11.4. The van der Waals surface area contributed by atoms with Gasteiger partial charge in [0.15, 0.2) is 11.2 Å². The molecule has 4 heterocycles. The second-order valence-corrected chi connectivity index (χ2v) is 12.1. The Bertz CT molecular complexity index is 1490. The number of alkyl halides is 3. The number of sulfonamides is 1. The lowest BCUT2D eigenvalue weighted by Gasteiger charge is -2.42. The quantitative estimate of drug-likeness (QED) is 0.392. The Hall–Kier alpha value is -3.00. The summed E-state index contributed by atoms with van der Waals surface area (Å²) < 4.78 is 70.0. The second kappa shape index (κ2) is 9.39. The van der Waals surface area contributed by atoms with E-state index in [2.05, 4.69) is 9.97 Å². The molecule has 2 atom stereocenters. The predicted molar refractivity (Wildman–Crippen MR) is 134 cm³/mol. The third-order valence-corrected chi connectivity index (χ3v) is 9.88. The highest BCUT2D eigenvalue weighted by Gasteiger charge is 2.51. The largest absolute Gasteiger partial charge is 0.421 e. The Morgan fingerprint density at radius 2 is 1.81 bits per heavy atom. The molecule has 13 heteroatoms. The summed E-state index contributed by atoms with van der Waals surface area (Å²) in [6.45, 7) is 1.81. The van der Waals surface area contributed by atoms with Gasteiger partial charge in [0.1, 0.15) is 9.73 Å². The molecule has 1 aromatic carbocycles. The standard InChI is InChI=1S/C24H24F3N5O3S2/c1-23(33,24(25,26)27)17-4-6-18(7-5-17)32-13-12-31(37(34,35)21-3-2-14-36-21)16-19(32)15-30-11-8-20-22(30)29-10-9-28-20/h2-11,14,19,33H,12-13,15-16H2,1H3/t19-,23-/m0/s1. The number of hydrogen-bond acceptors (Lipinski definition) is 7. The lowest BCUT2D eigenvalue weighted by molar-refractivity contribution is -0.258. The van der Waals surface area contributed by atoms with Crippen molar-refractivity contribution in [1.82, 2.24) is 18.8 Å². The van der Waals surface area contributed by atoms with Gasteiger partial charge in [0.25, 0.3) is 10.0 Å². The van der Waals surface area contributed by atoms with Gasteiger partial charge in [0.2, 0.25) is 0 Å². The fraction of sp³-hybridized carbons (Fsp3) is 0.333. The van der Waals surface area contributed by atoms with Crippen LogP contribution < -0.4 is 4.90 Å². The van der Waals surface area contributed by atoms with Crippen LogP contribution in [0.2, 0.25) is 0 Å². The van der Waals surface area contributed by atoms with E-state index in [1.807, 2.05) is 21.7 Å². The summed E-state index contributed by atoms with van der Waals surface area (Å²) in [5.41, 5.74) is -1.28. The lowest BCUT2D eigenvalue weighted by atomic mass is 9.95. The number of benzene rings is 1. The molecule has 1 saturated heterocycles. The van der Waals surface area contributed by atoms with Crippen LogP contribution in [0.15, 0.2) is 70.6 Å². The van der Waals surface area contributed by atoms with Gasteiger partial charge in [-0.15, -0.1) is 11.3 Å². The normalized spacial score (nSPS) is 19.3. The number of piperazine rings is 1. The minimum atomic E-state index is -4.82. The van der Waals surface area contributed by atoms with Gasteiger partial charge in [-0.2, -0.15) is 17.5 Å². The number of halogens is 3. The van der Waals surface area contributed by atoms with Gasteiger partial charge in [-0.05, 0) is 42.1 Å². The second-order valence-electron chi connectivity index (χ2n) is 8.99. The SMILES string of the molecule is C[C@](O)(c1ccc(N2CCN(S(=O)(=O)c3cccs3)C[C@@H]2Cn2ccc3nccnc32)cc1)C(F)(F)F. The average molecular weight is 552 g/mol. The van der Waals surface area contributed by atoms with E-state index in [1.54, 1.807) is 29.9 Å². The fourth-order valence-corrected chi connectivity index (χ4v) is 7.12. The van der Waals surface area contributed by atoms with Crippen LogP contribution in [0.5, 0.6) is 0 Å². The fourth-order valence-electron chi connectivity index (χ4n) is 4.51. The molecular weight excluding hydrogens is 527 g/mol. The minimum Gasteiger partial charge on any atom is -0.376 e. The molecule has 37 heavy (non-hydrogen) atoms. The summed E-state index contributed by atoms with van der Waals surface area (Å²) in [5, 5.41) is 11.7. The zero-order chi connectivity index (χ0) is 26.4. The van der Waals surface area contributed by atoms with Crippen molar-refractivity contribution in [3.05, 3.63) is 72.0 Å². The number of nitrogens with zero attached hydrogens (tertiary/aromatic N) is 5. The molecule has 1 fully saturated rings. The number of rotatable bonds is 6. The molecule has 0 spiro atoms. The summed E-state index contributed by atoms with van der Waals surface area (Å²) >= 11 is 1.15. The van der Waals surface area contributed by atoms with E-state index in [0.717, 1.165) is 18.3 Å². The summed E-state index contributed by atoms with van der Waals surface area (Å²) in [6, 6.07) is 10.3. The Labute approximate surface area is 215 Å². The molecule has 1 N–H and O–H groups in total. The van der Waals surface area contributed by atoms with Crippen molar-refractivity contribution in [3.63, 3.8) is 0 Å². The molecule has 4 aromatic rings. The van der Waals surface area contributed by atoms with Crippen LogP contribution in [0.4, 0.5) is 18.9 Å². The van der Waals surface area contributed by atoms with Gasteiger partial charge in [-0.25, -0.2) is 13.4 Å². The highest BCUT2D eigenvalue weighted by Crippen LogP contribution is 2.39. The van der Waals surface area contributed by atoms with Crippen LogP contribution in [0.3, 0.4) is 0 Å². The number of fused-ring (bicyclic) bond motifs is 1. The minimum absolute atomic E-state index is 0.169. The molecule has 1 aliphatic heterocycles. The van der Waals surface area contributed by atoms with Crippen molar-refractivity contribution in [2.45, 2.75) is 35.5 Å². The van der Waals surface area contributed by atoms with Crippen molar-refractivity contribution in [2.75, 3.05) is 24.5 Å². The molecule has 0 saturated carbocycles. The maximum absolute atomic E-state index is 13.3. The van der Waals surface area contributed by atoms with Crippen LogP contribution in [0.25, 0.3) is 11.2 Å². The number of anilines is 1. The number of aromatic nitrogens is 3. The monoisotopic (exact) mass is 551 g/mol. The Balaban J connectivity index is 1.47. The van der Waals surface area contributed by atoms with Crippen LogP contribution in [0, 0.1) is 0 Å². The van der Waals surface area contributed by atoms with E-state index in [4.69, 9.17) is 0 Å². The van der Waals surface area contributed by atoms with E-state index >= 15 is 0 Å². The molecule has 1 aliphatic rings. The summed E-state index contributed by atoms with van der Waals surface area (Å²) in [4.78, 5) is 10.7. The molecule has 0 unspecified atom stereocenters. The first-order valence-corrected chi connectivity index (χ1v) is 13.8. The van der Waals surface area contributed by atoms with E-state index in [1.165, 1.54) is 28.6 Å². The molecule has 0 radical (unpaired) electrons. The molecule has 0 amide bonds. The van der Waals surface area contributed by atoms with E-state index in [9.17, 15) is 26.7 Å². The summed E-state index contributed by atoms with van der Waals surface area (Å²) in [6.07, 6.45) is 0.178. The molecule has 0 bridgehead atoms. The van der Waals surface area contributed by atoms with E-state index in [0.29, 0.717) is 29.9 Å². The third kappa shape index (κ3) is 4.72. The Morgan fingerprint density at radius 3 is 2.49 bits per heavy atom. The summed E-state index contributed by atoms with van der Waals surface area (Å²) in [5.74, 6) is 0. The molecule has 8 nitrogen and oxygen atoms in total. The van der Waals surface area contributed by atoms with Gasteiger partial charge < -0.3 is 14.6 Å². The molecule has 0 aliphatic carbocycles. The molecule has 3 aromatic heterocycles. The maximum atomic E-state index is 13.3. The number of hydrogen-bond donors (Lipinski definition) is 1. The van der Waals surface area contributed by atoms with Gasteiger partial charge in [-0.3, -0.25) is 4.98 Å². The van der Waals surface area contributed by atoms with Crippen molar-refractivity contribution in [1.29, 1.82) is 0 Å². The lowest BCUT2D eigenvalue weighted by Crippen LogP contribution is -2.56.